The number of alkyl halides is 3. The van der Waals surface area contributed by atoms with E-state index in [2.05, 4.69) is 15.5 Å². The first-order chi connectivity index (χ1) is 8.97. The van der Waals surface area contributed by atoms with Crippen molar-refractivity contribution in [1.82, 2.24) is 15.5 Å². The second kappa shape index (κ2) is 5.63. The number of nitrogens with one attached hydrogen (secondary N) is 2. The van der Waals surface area contributed by atoms with Crippen molar-refractivity contribution in [1.29, 1.82) is 0 Å². The van der Waals surface area contributed by atoms with E-state index >= 15 is 0 Å². The molecule has 1 fully saturated rings. The van der Waals surface area contributed by atoms with E-state index in [0.717, 1.165) is 5.69 Å². The molecule has 1 saturated carbocycles. The van der Waals surface area contributed by atoms with Crippen LogP contribution in [-0.4, -0.2) is 22.3 Å². The molecule has 4 nitrogen and oxygen atoms in total. The Bertz CT molecular complexity index is 416. The lowest BCUT2D eigenvalue weighted by Crippen LogP contribution is -2.37. The van der Waals surface area contributed by atoms with Crippen LogP contribution in [0.2, 0.25) is 0 Å². The number of carbonyl (C=O) groups excluding carboxylic acids is 1. The standard InChI is InChI=1S/C12H16F3N3O/c13-12(14,15)9-3-1-2-8(6-9)11(19)16-7-10-4-5-17-18-10/h4-5,8-9H,1-3,6-7H2,(H,16,19)(H,17,18). The molecule has 19 heavy (non-hydrogen) atoms. The van der Waals surface area contributed by atoms with Crippen molar-refractivity contribution < 1.29 is 18.0 Å². The lowest BCUT2D eigenvalue weighted by atomic mass is 9.80. The van der Waals surface area contributed by atoms with E-state index in [4.69, 9.17) is 0 Å². The largest absolute Gasteiger partial charge is 0.391 e. The maximum atomic E-state index is 12.6. The maximum absolute atomic E-state index is 12.6. The maximum Gasteiger partial charge on any atom is 0.391 e. The minimum atomic E-state index is -4.19. The van der Waals surface area contributed by atoms with Gasteiger partial charge >= 0.3 is 6.18 Å². The third kappa shape index (κ3) is 3.71. The third-order valence-electron chi connectivity index (χ3n) is 3.52. The Morgan fingerprint density at radius 1 is 1.47 bits per heavy atom. The summed E-state index contributed by atoms with van der Waals surface area (Å²) in [6, 6.07) is 1.71. The van der Waals surface area contributed by atoms with Crippen LogP contribution in [0.5, 0.6) is 0 Å². The van der Waals surface area contributed by atoms with Crippen molar-refractivity contribution in [2.24, 2.45) is 11.8 Å². The fourth-order valence-electron chi connectivity index (χ4n) is 2.44. The molecule has 0 radical (unpaired) electrons. The van der Waals surface area contributed by atoms with Gasteiger partial charge in [0.2, 0.25) is 5.91 Å². The summed E-state index contributed by atoms with van der Waals surface area (Å²) >= 11 is 0. The van der Waals surface area contributed by atoms with Crippen LogP contribution in [0.15, 0.2) is 12.3 Å². The summed E-state index contributed by atoms with van der Waals surface area (Å²) < 4.78 is 37.9. The van der Waals surface area contributed by atoms with E-state index in [1.807, 2.05) is 0 Å². The van der Waals surface area contributed by atoms with E-state index in [9.17, 15) is 18.0 Å². The zero-order valence-corrected chi connectivity index (χ0v) is 10.3. The zero-order chi connectivity index (χ0) is 13.9. The van der Waals surface area contributed by atoms with Crippen LogP contribution in [-0.2, 0) is 11.3 Å². The number of aromatic nitrogens is 2. The summed E-state index contributed by atoms with van der Waals surface area (Å²) in [4.78, 5) is 11.9. The second-order valence-corrected chi connectivity index (χ2v) is 4.90. The summed E-state index contributed by atoms with van der Waals surface area (Å²) in [5, 5.41) is 9.06. The molecule has 0 aromatic carbocycles. The minimum absolute atomic E-state index is 0.0989. The van der Waals surface area contributed by atoms with Crippen LogP contribution < -0.4 is 5.32 Å². The summed E-state index contributed by atoms with van der Waals surface area (Å²) in [7, 11) is 0. The summed E-state index contributed by atoms with van der Waals surface area (Å²) in [5.41, 5.74) is 0.733. The van der Waals surface area contributed by atoms with Crippen LogP contribution in [0.4, 0.5) is 13.2 Å². The molecule has 0 saturated heterocycles. The number of hydrogen-bond acceptors (Lipinski definition) is 2. The van der Waals surface area contributed by atoms with Gasteiger partial charge in [0.05, 0.1) is 18.2 Å². The molecule has 1 amide bonds. The number of nitrogens with zero attached hydrogens (tertiary/aromatic N) is 1. The van der Waals surface area contributed by atoms with Crippen molar-refractivity contribution in [3.8, 4) is 0 Å². The lowest BCUT2D eigenvalue weighted by Gasteiger charge is -2.29. The molecule has 2 N–H and O–H groups in total. The first-order valence-electron chi connectivity index (χ1n) is 6.29. The Balaban J connectivity index is 1.85. The molecule has 2 unspecified atom stereocenters. The summed E-state index contributed by atoms with van der Waals surface area (Å²) in [6.07, 6.45) is -1.62. The van der Waals surface area contributed by atoms with E-state index in [0.29, 0.717) is 12.8 Å². The van der Waals surface area contributed by atoms with Crippen molar-refractivity contribution in [3.63, 3.8) is 0 Å². The predicted molar refractivity (Wildman–Crippen MR) is 61.9 cm³/mol. The van der Waals surface area contributed by atoms with Crippen LogP contribution >= 0.6 is 0 Å². The number of aromatic amines is 1. The number of H-pyrrole nitrogens is 1. The van der Waals surface area contributed by atoms with E-state index in [1.165, 1.54) is 0 Å². The molecule has 1 aliphatic carbocycles. The van der Waals surface area contributed by atoms with Gasteiger partial charge in [-0.15, -0.1) is 0 Å². The van der Waals surface area contributed by atoms with Crippen LogP contribution in [0.25, 0.3) is 0 Å². The van der Waals surface area contributed by atoms with E-state index in [1.54, 1.807) is 12.3 Å². The Labute approximate surface area is 108 Å². The van der Waals surface area contributed by atoms with Gasteiger partial charge in [-0.25, -0.2) is 0 Å². The van der Waals surface area contributed by atoms with Crippen molar-refractivity contribution in [2.75, 3.05) is 0 Å². The fourth-order valence-corrected chi connectivity index (χ4v) is 2.44. The molecular weight excluding hydrogens is 259 g/mol. The number of rotatable bonds is 3. The second-order valence-electron chi connectivity index (χ2n) is 4.90. The molecule has 0 aliphatic heterocycles. The summed E-state index contributed by atoms with van der Waals surface area (Å²) in [5.74, 6) is -2.18. The Kier molecular flexibility index (Phi) is 4.11. The third-order valence-corrected chi connectivity index (χ3v) is 3.52. The highest BCUT2D eigenvalue weighted by atomic mass is 19.4. The Morgan fingerprint density at radius 3 is 2.89 bits per heavy atom. The average Bonchev–Trinajstić information content (AvgIpc) is 2.88. The molecule has 2 atom stereocenters. The Hall–Kier alpha value is -1.53. The van der Waals surface area contributed by atoms with Gasteiger partial charge in [-0.05, 0) is 25.3 Å². The molecule has 1 aromatic heterocycles. The number of halogens is 3. The van der Waals surface area contributed by atoms with Crippen molar-refractivity contribution in [2.45, 2.75) is 38.4 Å². The number of amides is 1. The highest BCUT2D eigenvalue weighted by molar-refractivity contribution is 5.78. The average molecular weight is 275 g/mol. The molecule has 7 heteroatoms. The number of hydrogen-bond donors (Lipinski definition) is 2. The van der Waals surface area contributed by atoms with Gasteiger partial charge in [0.1, 0.15) is 0 Å². The van der Waals surface area contributed by atoms with Crippen LogP contribution in [0.3, 0.4) is 0 Å². The van der Waals surface area contributed by atoms with Crippen molar-refractivity contribution >= 4 is 5.91 Å². The molecule has 1 aliphatic rings. The van der Waals surface area contributed by atoms with Gasteiger partial charge in [0.15, 0.2) is 0 Å². The summed E-state index contributed by atoms with van der Waals surface area (Å²) in [6.45, 7) is 0.270. The molecular formula is C12H16F3N3O. The first-order valence-corrected chi connectivity index (χ1v) is 6.29. The molecule has 0 spiro atoms. The quantitative estimate of drug-likeness (QED) is 0.890. The molecule has 106 valence electrons. The Morgan fingerprint density at radius 2 is 2.26 bits per heavy atom. The van der Waals surface area contributed by atoms with Gasteiger partial charge in [-0.3, -0.25) is 9.89 Å². The number of carbonyl (C=O) groups is 1. The molecule has 2 rings (SSSR count). The first kappa shape index (κ1) is 13.9. The topological polar surface area (TPSA) is 57.8 Å². The smallest absolute Gasteiger partial charge is 0.350 e. The molecule has 1 aromatic rings. The predicted octanol–water partition coefficient (Wildman–Crippen LogP) is 2.39. The monoisotopic (exact) mass is 275 g/mol. The highest BCUT2D eigenvalue weighted by Crippen LogP contribution is 2.39. The van der Waals surface area contributed by atoms with Gasteiger partial charge in [-0.1, -0.05) is 6.42 Å². The molecule has 1 heterocycles. The van der Waals surface area contributed by atoms with Gasteiger partial charge in [-0.2, -0.15) is 18.3 Å². The fraction of sp³-hybridized carbons (Fsp3) is 0.667. The zero-order valence-electron chi connectivity index (χ0n) is 10.3. The lowest BCUT2D eigenvalue weighted by molar-refractivity contribution is -0.186. The van der Waals surface area contributed by atoms with Gasteiger partial charge in [0, 0.05) is 12.1 Å². The van der Waals surface area contributed by atoms with Gasteiger partial charge < -0.3 is 5.32 Å². The van der Waals surface area contributed by atoms with Gasteiger partial charge in [0.25, 0.3) is 0 Å². The SMILES string of the molecule is O=C(NCc1ccn[nH]1)C1CCCC(C(F)(F)F)C1. The van der Waals surface area contributed by atoms with Crippen LogP contribution in [0, 0.1) is 11.8 Å². The van der Waals surface area contributed by atoms with E-state index < -0.39 is 18.0 Å². The van der Waals surface area contributed by atoms with E-state index in [-0.39, 0.29) is 25.3 Å². The highest BCUT2D eigenvalue weighted by Gasteiger charge is 2.43. The molecule has 0 bridgehead atoms. The normalized spacial score (nSPS) is 24.2. The minimum Gasteiger partial charge on any atom is -0.350 e. The van der Waals surface area contributed by atoms with Crippen LogP contribution in [0.1, 0.15) is 31.4 Å². The van der Waals surface area contributed by atoms with Crippen molar-refractivity contribution in [3.05, 3.63) is 18.0 Å².